The first kappa shape index (κ1) is 15.5. The van der Waals surface area contributed by atoms with Crippen LogP contribution in [-0.4, -0.2) is 16.9 Å². The highest BCUT2D eigenvalue weighted by Gasteiger charge is 2.30. The average molecular weight is 290 g/mol. The number of nitro benzene ring substituents is 1. The van der Waals surface area contributed by atoms with Crippen molar-refractivity contribution in [2.24, 2.45) is 11.8 Å². The zero-order valence-electron chi connectivity index (χ0n) is 12.8. The lowest BCUT2D eigenvalue weighted by Crippen LogP contribution is -2.43. The number of nitro groups is 1. The van der Waals surface area contributed by atoms with Crippen molar-refractivity contribution < 1.29 is 9.72 Å². The van der Waals surface area contributed by atoms with Gasteiger partial charge >= 0.3 is 0 Å². The summed E-state index contributed by atoms with van der Waals surface area (Å²) < 4.78 is 0. The minimum atomic E-state index is -0.475. The fourth-order valence-corrected chi connectivity index (χ4v) is 3.12. The Labute approximate surface area is 124 Å². The largest absolute Gasteiger partial charge is 0.349 e. The van der Waals surface area contributed by atoms with Gasteiger partial charge in [-0.2, -0.15) is 0 Å². The third kappa shape index (κ3) is 3.23. The minimum Gasteiger partial charge on any atom is -0.349 e. The molecule has 1 N–H and O–H groups in total. The van der Waals surface area contributed by atoms with Crippen LogP contribution in [0.1, 0.15) is 49.0 Å². The van der Waals surface area contributed by atoms with Crippen molar-refractivity contribution in [1.29, 1.82) is 0 Å². The molecule has 0 bridgehead atoms. The standard InChI is InChI=1S/C16H22N2O3/c1-10-6-5-9-14(12(10)3)17-16(19)13-8-4-7-11(2)15(13)18(20)21/h4,7-8,10,12,14H,5-6,9H2,1-3H3,(H,17,19). The first-order valence-electron chi connectivity index (χ1n) is 7.46. The molecule has 5 heteroatoms. The molecule has 1 aromatic carbocycles. The zero-order chi connectivity index (χ0) is 15.6. The van der Waals surface area contributed by atoms with E-state index in [0.717, 1.165) is 12.8 Å². The van der Waals surface area contributed by atoms with Crippen molar-refractivity contribution in [3.05, 3.63) is 39.4 Å². The maximum absolute atomic E-state index is 12.4. The fourth-order valence-electron chi connectivity index (χ4n) is 3.12. The quantitative estimate of drug-likeness (QED) is 0.684. The van der Waals surface area contributed by atoms with Crippen molar-refractivity contribution in [3.63, 3.8) is 0 Å². The number of carbonyl (C=O) groups is 1. The number of para-hydroxylation sites is 1. The van der Waals surface area contributed by atoms with Crippen molar-refractivity contribution in [1.82, 2.24) is 5.32 Å². The molecule has 114 valence electrons. The van der Waals surface area contributed by atoms with Crippen LogP contribution >= 0.6 is 0 Å². The summed E-state index contributed by atoms with van der Waals surface area (Å²) in [6.07, 6.45) is 3.21. The molecule has 1 aromatic rings. The van der Waals surface area contributed by atoms with Crippen LogP contribution in [0.25, 0.3) is 0 Å². The average Bonchev–Trinajstić information content (AvgIpc) is 2.43. The van der Waals surface area contributed by atoms with Gasteiger partial charge in [0.15, 0.2) is 0 Å². The van der Waals surface area contributed by atoms with Crippen LogP contribution in [0.2, 0.25) is 0 Å². The maximum Gasteiger partial charge on any atom is 0.285 e. The molecule has 1 fully saturated rings. The lowest BCUT2D eigenvalue weighted by atomic mass is 9.78. The van der Waals surface area contributed by atoms with Crippen LogP contribution in [0, 0.1) is 28.9 Å². The Kier molecular flexibility index (Phi) is 4.60. The second-order valence-corrected chi connectivity index (χ2v) is 6.08. The number of benzene rings is 1. The van der Waals surface area contributed by atoms with Gasteiger partial charge in [0.1, 0.15) is 5.56 Å². The summed E-state index contributed by atoms with van der Waals surface area (Å²) in [5.74, 6) is 0.625. The summed E-state index contributed by atoms with van der Waals surface area (Å²) in [5.41, 5.74) is 0.578. The van der Waals surface area contributed by atoms with Crippen LogP contribution in [0.4, 0.5) is 5.69 Å². The molecule has 1 amide bonds. The van der Waals surface area contributed by atoms with Gasteiger partial charge in [-0.1, -0.05) is 38.8 Å². The first-order valence-corrected chi connectivity index (χ1v) is 7.46. The number of nitrogens with zero attached hydrogens (tertiary/aromatic N) is 1. The molecule has 3 unspecified atom stereocenters. The zero-order valence-corrected chi connectivity index (χ0v) is 12.8. The van der Waals surface area contributed by atoms with Gasteiger partial charge < -0.3 is 5.32 Å². The van der Waals surface area contributed by atoms with Gasteiger partial charge in [-0.15, -0.1) is 0 Å². The summed E-state index contributed by atoms with van der Waals surface area (Å²) in [5, 5.41) is 14.2. The Morgan fingerprint density at radius 1 is 1.33 bits per heavy atom. The molecule has 0 spiro atoms. The lowest BCUT2D eigenvalue weighted by molar-refractivity contribution is -0.385. The van der Waals surface area contributed by atoms with E-state index in [1.165, 1.54) is 12.5 Å². The van der Waals surface area contributed by atoms with E-state index in [1.54, 1.807) is 19.1 Å². The topological polar surface area (TPSA) is 72.2 Å². The van der Waals surface area contributed by atoms with E-state index >= 15 is 0 Å². The van der Waals surface area contributed by atoms with Crippen LogP contribution in [0.5, 0.6) is 0 Å². The fraction of sp³-hybridized carbons (Fsp3) is 0.562. The SMILES string of the molecule is Cc1cccc(C(=O)NC2CCCC(C)C2C)c1[N+](=O)[O-]. The highest BCUT2D eigenvalue weighted by molar-refractivity contribution is 5.98. The number of aryl methyl sites for hydroxylation is 1. The van der Waals surface area contributed by atoms with Crippen molar-refractivity contribution in [2.45, 2.75) is 46.1 Å². The lowest BCUT2D eigenvalue weighted by Gasteiger charge is -2.34. The molecule has 0 heterocycles. The minimum absolute atomic E-state index is 0.0912. The van der Waals surface area contributed by atoms with Gasteiger partial charge in [0.2, 0.25) is 0 Å². The summed E-state index contributed by atoms with van der Waals surface area (Å²) in [4.78, 5) is 23.1. The second kappa shape index (κ2) is 6.24. The number of hydrogen-bond donors (Lipinski definition) is 1. The number of carbonyl (C=O) groups excluding carboxylic acids is 1. The van der Waals surface area contributed by atoms with Crippen LogP contribution in [-0.2, 0) is 0 Å². The van der Waals surface area contributed by atoms with E-state index in [-0.39, 0.29) is 23.2 Å². The molecule has 1 saturated carbocycles. The molecule has 1 aliphatic carbocycles. The summed E-state index contributed by atoms with van der Waals surface area (Å²) in [6, 6.07) is 4.96. The molecule has 21 heavy (non-hydrogen) atoms. The molecular formula is C16H22N2O3. The van der Waals surface area contributed by atoms with Gasteiger partial charge in [0.25, 0.3) is 11.6 Å². The Morgan fingerprint density at radius 2 is 2.05 bits per heavy atom. The first-order chi connectivity index (χ1) is 9.91. The van der Waals surface area contributed by atoms with Crippen molar-refractivity contribution >= 4 is 11.6 Å². The molecule has 0 aromatic heterocycles. The molecule has 0 aliphatic heterocycles. The smallest absolute Gasteiger partial charge is 0.285 e. The predicted molar refractivity (Wildman–Crippen MR) is 81.3 cm³/mol. The highest BCUT2D eigenvalue weighted by atomic mass is 16.6. The summed E-state index contributed by atoms with van der Waals surface area (Å²) in [7, 11) is 0. The third-order valence-electron chi connectivity index (χ3n) is 4.69. The Morgan fingerprint density at radius 3 is 2.71 bits per heavy atom. The molecule has 2 rings (SSSR count). The van der Waals surface area contributed by atoms with Crippen LogP contribution in [0.15, 0.2) is 18.2 Å². The van der Waals surface area contributed by atoms with Gasteiger partial charge in [-0.25, -0.2) is 0 Å². The van der Waals surface area contributed by atoms with Gasteiger partial charge in [-0.05, 0) is 31.2 Å². The Balaban J connectivity index is 2.21. The second-order valence-electron chi connectivity index (χ2n) is 6.08. The summed E-state index contributed by atoms with van der Waals surface area (Å²) >= 11 is 0. The number of hydrogen-bond acceptors (Lipinski definition) is 3. The van der Waals surface area contributed by atoms with Crippen molar-refractivity contribution in [2.75, 3.05) is 0 Å². The van der Waals surface area contributed by atoms with E-state index < -0.39 is 4.92 Å². The molecule has 0 saturated heterocycles. The molecule has 3 atom stereocenters. The van der Waals surface area contributed by atoms with Crippen molar-refractivity contribution in [3.8, 4) is 0 Å². The number of rotatable bonds is 3. The molecule has 0 radical (unpaired) electrons. The van der Waals surface area contributed by atoms with Crippen LogP contribution in [0.3, 0.4) is 0 Å². The Bertz CT molecular complexity index is 556. The Hall–Kier alpha value is -1.91. The third-order valence-corrected chi connectivity index (χ3v) is 4.69. The summed E-state index contributed by atoms with van der Waals surface area (Å²) in [6.45, 7) is 5.98. The van der Waals surface area contributed by atoms with E-state index in [1.807, 2.05) is 0 Å². The molecular weight excluding hydrogens is 268 g/mol. The normalized spacial score (nSPS) is 25.4. The predicted octanol–water partition coefficient (Wildman–Crippen LogP) is 3.46. The van der Waals surface area contributed by atoms with Gasteiger partial charge in [0, 0.05) is 11.6 Å². The maximum atomic E-state index is 12.4. The number of amides is 1. The monoisotopic (exact) mass is 290 g/mol. The van der Waals surface area contributed by atoms with Crippen LogP contribution < -0.4 is 5.32 Å². The van der Waals surface area contributed by atoms with E-state index in [0.29, 0.717) is 17.4 Å². The molecule has 1 aliphatic rings. The van der Waals surface area contributed by atoms with E-state index in [9.17, 15) is 14.9 Å². The molecule has 5 nitrogen and oxygen atoms in total. The highest BCUT2D eigenvalue weighted by Crippen LogP contribution is 2.30. The van der Waals surface area contributed by atoms with E-state index in [4.69, 9.17) is 0 Å². The van der Waals surface area contributed by atoms with Gasteiger partial charge in [0.05, 0.1) is 4.92 Å². The van der Waals surface area contributed by atoms with Gasteiger partial charge in [-0.3, -0.25) is 14.9 Å². The number of nitrogens with one attached hydrogen (secondary N) is 1. The van der Waals surface area contributed by atoms with E-state index in [2.05, 4.69) is 19.2 Å².